The van der Waals surface area contributed by atoms with Crippen molar-refractivity contribution < 1.29 is 4.39 Å². The van der Waals surface area contributed by atoms with E-state index in [4.69, 9.17) is 0 Å². The van der Waals surface area contributed by atoms with Crippen LogP contribution in [0.4, 0.5) is 10.1 Å². The van der Waals surface area contributed by atoms with Crippen LogP contribution < -0.4 is 10.2 Å². The van der Waals surface area contributed by atoms with Gasteiger partial charge in [0.1, 0.15) is 5.82 Å². The second kappa shape index (κ2) is 7.97. The van der Waals surface area contributed by atoms with Crippen LogP contribution in [0.5, 0.6) is 0 Å². The highest BCUT2D eigenvalue weighted by Crippen LogP contribution is 2.19. The Morgan fingerprint density at radius 2 is 1.62 bits per heavy atom. The van der Waals surface area contributed by atoms with Gasteiger partial charge in [-0.3, -0.25) is 4.90 Å². The fourth-order valence-corrected chi connectivity index (χ4v) is 3.27. The lowest BCUT2D eigenvalue weighted by molar-refractivity contribution is 0.196. The molecule has 0 spiro atoms. The zero-order valence-electron chi connectivity index (χ0n) is 12.4. The molecule has 2 aliphatic heterocycles. The molecule has 21 heavy (non-hydrogen) atoms. The molecule has 3 nitrogen and oxygen atoms in total. The van der Waals surface area contributed by atoms with Gasteiger partial charge in [0.2, 0.25) is 0 Å². The summed E-state index contributed by atoms with van der Waals surface area (Å²) >= 11 is 0. The monoisotopic (exact) mass is 313 g/mol. The third-order valence-corrected chi connectivity index (χ3v) is 4.54. The first-order chi connectivity index (χ1) is 9.81. The van der Waals surface area contributed by atoms with Crippen LogP contribution in [-0.2, 0) is 0 Å². The average molecular weight is 314 g/mol. The highest BCUT2D eigenvalue weighted by Gasteiger charge is 2.21. The standard InChI is InChI=1S/C16H24FN3.ClH/c17-15-1-3-16(4-2-15)20-11-9-19(10-12-20)13-14-5-7-18-8-6-14;/h1-4,14,18H,5-13H2;1H. The minimum atomic E-state index is -0.154. The predicted octanol–water partition coefficient (Wildman–Crippen LogP) is 2.37. The number of hydrogen-bond donors (Lipinski definition) is 1. The first-order valence-electron chi connectivity index (χ1n) is 7.75. The van der Waals surface area contributed by atoms with Gasteiger partial charge in [-0.25, -0.2) is 4.39 Å². The van der Waals surface area contributed by atoms with Gasteiger partial charge in [0.15, 0.2) is 0 Å². The van der Waals surface area contributed by atoms with E-state index in [1.165, 1.54) is 32.5 Å². The molecule has 0 radical (unpaired) electrons. The van der Waals surface area contributed by atoms with Crippen molar-refractivity contribution in [3.05, 3.63) is 30.1 Å². The van der Waals surface area contributed by atoms with Crippen LogP contribution in [0.25, 0.3) is 0 Å². The largest absolute Gasteiger partial charge is 0.369 e. The van der Waals surface area contributed by atoms with E-state index in [1.54, 1.807) is 12.1 Å². The molecule has 5 heteroatoms. The number of anilines is 1. The minimum Gasteiger partial charge on any atom is -0.369 e. The minimum absolute atomic E-state index is 0. The molecule has 0 aliphatic carbocycles. The third kappa shape index (κ3) is 4.56. The van der Waals surface area contributed by atoms with Crippen LogP contribution in [0.3, 0.4) is 0 Å². The molecule has 2 heterocycles. The molecule has 0 unspecified atom stereocenters. The second-order valence-electron chi connectivity index (χ2n) is 5.96. The van der Waals surface area contributed by atoms with Crippen molar-refractivity contribution in [3.63, 3.8) is 0 Å². The third-order valence-electron chi connectivity index (χ3n) is 4.54. The van der Waals surface area contributed by atoms with Crippen LogP contribution in [-0.4, -0.2) is 50.7 Å². The number of nitrogens with one attached hydrogen (secondary N) is 1. The fraction of sp³-hybridized carbons (Fsp3) is 0.625. The summed E-state index contributed by atoms with van der Waals surface area (Å²) in [5.41, 5.74) is 1.15. The highest BCUT2D eigenvalue weighted by atomic mass is 35.5. The summed E-state index contributed by atoms with van der Waals surface area (Å²) in [5.74, 6) is 0.715. The maximum atomic E-state index is 12.9. The normalized spacial score (nSPS) is 21.1. The van der Waals surface area contributed by atoms with Gasteiger partial charge in [-0.2, -0.15) is 0 Å². The molecule has 2 fully saturated rings. The quantitative estimate of drug-likeness (QED) is 0.924. The smallest absolute Gasteiger partial charge is 0.123 e. The molecule has 1 N–H and O–H groups in total. The van der Waals surface area contributed by atoms with Crippen molar-refractivity contribution in [2.24, 2.45) is 5.92 Å². The van der Waals surface area contributed by atoms with E-state index in [9.17, 15) is 4.39 Å². The molecule has 118 valence electrons. The number of rotatable bonds is 3. The first kappa shape index (κ1) is 16.5. The lowest BCUT2D eigenvalue weighted by Crippen LogP contribution is -2.48. The Labute approximate surface area is 132 Å². The number of nitrogens with zero attached hydrogens (tertiary/aromatic N) is 2. The Balaban J connectivity index is 0.00000161. The molecule has 0 aromatic heterocycles. The molecular weight excluding hydrogens is 289 g/mol. The van der Waals surface area contributed by atoms with Gasteiger partial charge in [-0.05, 0) is 56.1 Å². The van der Waals surface area contributed by atoms with Gasteiger partial charge in [-0.1, -0.05) is 0 Å². The average Bonchev–Trinajstić information content (AvgIpc) is 2.50. The Morgan fingerprint density at radius 3 is 2.24 bits per heavy atom. The van der Waals surface area contributed by atoms with Crippen molar-refractivity contribution in [1.29, 1.82) is 0 Å². The SMILES string of the molecule is Cl.Fc1ccc(N2CCN(CC3CCNCC3)CC2)cc1. The van der Waals surface area contributed by atoms with E-state index >= 15 is 0 Å². The summed E-state index contributed by atoms with van der Waals surface area (Å²) in [6.45, 7) is 7.97. The maximum Gasteiger partial charge on any atom is 0.123 e. The van der Waals surface area contributed by atoms with E-state index in [0.717, 1.165) is 37.8 Å². The lowest BCUT2D eigenvalue weighted by Gasteiger charge is -2.38. The van der Waals surface area contributed by atoms with Crippen LogP contribution >= 0.6 is 12.4 Å². The molecule has 3 rings (SSSR count). The van der Waals surface area contributed by atoms with Gasteiger partial charge in [0.25, 0.3) is 0 Å². The summed E-state index contributed by atoms with van der Waals surface area (Å²) < 4.78 is 12.9. The van der Waals surface area contributed by atoms with Crippen molar-refractivity contribution in [1.82, 2.24) is 10.2 Å². The van der Waals surface area contributed by atoms with Gasteiger partial charge in [-0.15, -0.1) is 12.4 Å². The molecule has 1 aromatic carbocycles. The van der Waals surface area contributed by atoms with E-state index in [0.29, 0.717) is 0 Å². The molecule has 0 saturated carbocycles. The molecule has 0 bridgehead atoms. The highest BCUT2D eigenvalue weighted by molar-refractivity contribution is 5.85. The van der Waals surface area contributed by atoms with Crippen molar-refractivity contribution in [2.75, 3.05) is 50.7 Å². The van der Waals surface area contributed by atoms with Gasteiger partial charge in [0, 0.05) is 38.4 Å². The molecular formula is C16H25ClFN3. The van der Waals surface area contributed by atoms with Crippen LogP contribution in [0.2, 0.25) is 0 Å². The number of piperazine rings is 1. The van der Waals surface area contributed by atoms with E-state index < -0.39 is 0 Å². The van der Waals surface area contributed by atoms with Crippen LogP contribution in [0.15, 0.2) is 24.3 Å². The zero-order chi connectivity index (χ0) is 13.8. The summed E-state index contributed by atoms with van der Waals surface area (Å²) in [7, 11) is 0. The summed E-state index contributed by atoms with van der Waals surface area (Å²) in [6.07, 6.45) is 2.64. The van der Waals surface area contributed by atoms with E-state index in [-0.39, 0.29) is 18.2 Å². The van der Waals surface area contributed by atoms with Crippen LogP contribution in [0, 0.1) is 11.7 Å². The lowest BCUT2D eigenvalue weighted by atomic mass is 9.97. The second-order valence-corrected chi connectivity index (χ2v) is 5.96. The van der Waals surface area contributed by atoms with Crippen LogP contribution in [0.1, 0.15) is 12.8 Å². The van der Waals surface area contributed by atoms with Crippen molar-refractivity contribution in [2.45, 2.75) is 12.8 Å². The summed E-state index contributed by atoms with van der Waals surface area (Å²) in [4.78, 5) is 4.95. The van der Waals surface area contributed by atoms with Crippen molar-refractivity contribution >= 4 is 18.1 Å². The summed E-state index contributed by atoms with van der Waals surface area (Å²) in [6, 6.07) is 6.88. The molecule has 2 aliphatic rings. The van der Waals surface area contributed by atoms with Crippen molar-refractivity contribution in [3.8, 4) is 0 Å². The number of halogens is 2. The van der Waals surface area contributed by atoms with Gasteiger partial charge >= 0.3 is 0 Å². The number of hydrogen-bond acceptors (Lipinski definition) is 3. The molecule has 2 saturated heterocycles. The first-order valence-corrected chi connectivity index (χ1v) is 7.75. The number of benzene rings is 1. The number of piperidine rings is 1. The Hall–Kier alpha value is -0.840. The van der Waals surface area contributed by atoms with Gasteiger partial charge in [0.05, 0.1) is 0 Å². The van der Waals surface area contributed by atoms with E-state index in [1.807, 2.05) is 12.1 Å². The topological polar surface area (TPSA) is 18.5 Å². The Morgan fingerprint density at radius 1 is 1.00 bits per heavy atom. The molecule has 1 aromatic rings. The Kier molecular flexibility index (Phi) is 6.27. The predicted molar refractivity (Wildman–Crippen MR) is 87.9 cm³/mol. The Bertz CT molecular complexity index is 412. The summed E-state index contributed by atoms with van der Waals surface area (Å²) in [5, 5.41) is 3.43. The fourth-order valence-electron chi connectivity index (χ4n) is 3.27. The van der Waals surface area contributed by atoms with E-state index in [2.05, 4.69) is 15.1 Å². The molecule has 0 atom stereocenters. The molecule has 0 amide bonds. The maximum absolute atomic E-state index is 12.9. The van der Waals surface area contributed by atoms with Gasteiger partial charge < -0.3 is 10.2 Å². The zero-order valence-corrected chi connectivity index (χ0v) is 13.2.